The summed E-state index contributed by atoms with van der Waals surface area (Å²) in [7, 11) is 1.34. The molecule has 0 radical (unpaired) electrons. The van der Waals surface area contributed by atoms with Crippen molar-refractivity contribution in [2.75, 3.05) is 13.8 Å². The van der Waals surface area contributed by atoms with Gasteiger partial charge < -0.3 is 9.47 Å². The maximum Gasteiger partial charge on any atom is 0.311 e. The van der Waals surface area contributed by atoms with Gasteiger partial charge in [-0.25, -0.2) is 9.29 Å². The Morgan fingerprint density at radius 3 is 2.28 bits per heavy atom. The van der Waals surface area contributed by atoms with Gasteiger partial charge in [-0.3, -0.25) is 14.4 Å². The fraction of sp³-hybridized carbons (Fsp3) is 0.167. The smallest absolute Gasteiger partial charge is 0.311 e. The minimum atomic E-state index is -0.680. The van der Waals surface area contributed by atoms with Gasteiger partial charge in [-0.05, 0) is 29.8 Å². The summed E-state index contributed by atoms with van der Waals surface area (Å²) in [4.78, 5) is 37.0. The van der Waals surface area contributed by atoms with Gasteiger partial charge in [0.1, 0.15) is 0 Å². The molecule has 0 aromatic heterocycles. The van der Waals surface area contributed by atoms with Gasteiger partial charge in [0, 0.05) is 0 Å². The van der Waals surface area contributed by atoms with Crippen molar-refractivity contribution in [3.63, 3.8) is 0 Å². The number of methoxy groups -OCH3 is 1. The minimum Gasteiger partial charge on any atom is -0.494 e. The largest absolute Gasteiger partial charge is 0.494 e. The van der Waals surface area contributed by atoms with E-state index in [2.05, 4.69) is 0 Å². The average Bonchev–Trinajstić information content (AvgIpc) is 2.85. The Morgan fingerprint density at radius 2 is 1.72 bits per heavy atom. The van der Waals surface area contributed by atoms with E-state index in [0.717, 1.165) is 4.90 Å². The van der Waals surface area contributed by atoms with Gasteiger partial charge >= 0.3 is 5.97 Å². The molecule has 1 heterocycles. The molecule has 1 aliphatic heterocycles. The van der Waals surface area contributed by atoms with Crippen LogP contribution in [0.25, 0.3) is 0 Å². The summed E-state index contributed by atoms with van der Waals surface area (Å²) < 4.78 is 23.4. The average molecular weight is 343 g/mol. The van der Waals surface area contributed by atoms with Crippen LogP contribution in [0.4, 0.5) is 4.39 Å². The number of carbonyl (C=O) groups excluding carboxylic acids is 3. The zero-order valence-corrected chi connectivity index (χ0v) is 13.3. The predicted octanol–water partition coefficient (Wildman–Crippen LogP) is 2.17. The summed E-state index contributed by atoms with van der Waals surface area (Å²) in [5, 5.41) is 0. The van der Waals surface area contributed by atoms with Crippen LogP contribution in [0.3, 0.4) is 0 Å². The zero-order chi connectivity index (χ0) is 18.0. The number of ether oxygens (including phenoxy) is 2. The van der Waals surface area contributed by atoms with Crippen LogP contribution in [-0.4, -0.2) is 36.5 Å². The number of esters is 1. The number of hydrogen-bond donors (Lipinski definition) is 0. The maximum atomic E-state index is 13.6. The third-order valence-corrected chi connectivity index (χ3v) is 3.80. The van der Waals surface area contributed by atoms with Gasteiger partial charge in [0.15, 0.2) is 18.3 Å². The van der Waals surface area contributed by atoms with Crippen LogP contribution >= 0.6 is 0 Å². The molecule has 2 amide bonds. The van der Waals surface area contributed by atoms with Crippen LogP contribution in [-0.2, 0) is 16.0 Å². The SMILES string of the molecule is COc1ccc(CC(=O)OCN2C(=O)c3ccccc3C2=O)cc1F. The Bertz CT molecular complexity index is 829. The summed E-state index contributed by atoms with van der Waals surface area (Å²) in [5.41, 5.74) is 0.951. The maximum absolute atomic E-state index is 13.6. The lowest BCUT2D eigenvalue weighted by molar-refractivity contribution is -0.145. The molecular formula is C18H14FNO5. The Labute approximate surface area is 142 Å². The second kappa shape index (κ2) is 6.72. The van der Waals surface area contributed by atoms with Crippen molar-refractivity contribution in [3.05, 3.63) is 65.0 Å². The molecule has 0 N–H and O–H groups in total. The Morgan fingerprint density at radius 1 is 1.08 bits per heavy atom. The summed E-state index contributed by atoms with van der Waals surface area (Å²) >= 11 is 0. The van der Waals surface area contributed by atoms with Crippen molar-refractivity contribution in [1.82, 2.24) is 4.90 Å². The molecule has 0 aliphatic carbocycles. The quantitative estimate of drug-likeness (QED) is 0.614. The molecule has 0 atom stereocenters. The standard InChI is InChI=1S/C18H14FNO5/c1-24-15-7-6-11(8-14(15)19)9-16(21)25-10-20-17(22)12-4-2-3-5-13(12)18(20)23/h2-8H,9-10H2,1H3. The number of halogens is 1. The summed E-state index contributed by atoms with van der Waals surface area (Å²) in [6, 6.07) is 10.5. The number of amides is 2. The van der Waals surface area contributed by atoms with E-state index in [0.29, 0.717) is 5.56 Å². The Kier molecular flexibility index (Phi) is 4.47. The highest BCUT2D eigenvalue weighted by Gasteiger charge is 2.35. The topological polar surface area (TPSA) is 72.9 Å². The van der Waals surface area contributed by atoms with Crippen LogP contribution in [0.2, 0.25) is 0 Å². The van der Waals surface area contributed by atoms with Gasteiger partial charge in [-0.1, -0.05) is 18.2 Å². The molecule has 25 heavy (non-hydrogen) atoms. The van der Waals surface area contributed by atoms with Crippen LogP contribution in [0.5, 0.6) is 5.75 Å². The number of rotatable bonds is 5. The number of fused-ring (bicyclic) bond motifs is 1. The predicted molar refractivity (Wildman–Crippen MR) is 84.6 cm³/mol. The van der Waals surface area contributed by atoms with Gasteiger partial charge in [0.05, 0.1) is 24.7 Å². The van der Waals surface area contributed by atoms with Crippen LogP contribution in [0.15, 0.2) is 42.5 Å². The monoisotopic (exact) mass is 343 g/mol. The molecule has 0 saturated carbocycles. The first-order valence-electron chi connectivity index (χ1n) is 7.44. The second-order valence-electron chi connectivity index (χ2n) is 5.38. The summed E-state index contributed by atoms with van der Waals surface area (Å²) in [6.45, 7) is -0.482. The zero-order valence-electron chi connectivity index (χ0n) is 13.3. The first-order valence-corrected chi connectivity index (χ1v) is 7.44. The van der Waals surface area contributed by atoms with E-state index in [1.54, 1.807) is 12.1 Å². The van der Waals surface area contributed by atoms with Crippen LogP contribution in [0.1, 0.15) is 26.3 Å². The first kappa shape index (κ1) is 16.6. The molecule has 7 heteroatoms. The number of hydrogen-bond acceptors (Lipinski definition) is 5. The van der Waals surface area contributed by atoms with E-state index in [9.17, 15) is 18.8 Å². The molecule has 2 aromatic rings. The fourth-order valence-electron chi connectivity index (χ4n) is 2.53. The fourth-order valence-corrected chi connectivity index (χ4v) is 2.53. The van der Waals surface area contributed by atoms with Crippen LogP contribution in [0, 0.1) is 5.82 Å². The highest BCUT2D eigenvalue weighted by Crippen LogP contribution is 2.22. The minimum absolute atomic E-state index is 0.0724. The van der Waals surface area contributed by atoms with Crippen molar-refractivity contribution in [1.29, 1.82) is 0 Å². The molecule has 6 nitrogen and oxygen atoms in total. The molecule has 0 bridgehead atoms. The molecule has 128 valence electrons. The van der Waals surface area contributed by atoms with E-state index in [4.69, 9.17) is 9.47 Å². The van der Waals surface area contributed by atoms with E-state index < -0.39 is 30.3 Å². The van der Waals surface area contributed by atoms with Gasteiger partial charge in [-0.2, -0.15) is 0 Å². The van der Waals surface area contributed by atoms with Gasteiger partial charge in [0.2, 0.25) is 0 Å². The van der Waals surface area contributed by atoms with Crippen molar-refractivity contribution in [2.24, 2.45) is 0 Å². The molecule has 2 aromatic carbocycles. The normalized spacial score (nSPS) is 13.0. The molecule has 0 spiro atoms. The lowest BCUT2D eigenvalue weighted by atomic mass is 10.1. The summed E-state index contributed by atoms with van der Waals surface area (Å²) in [6.07, 6.45) is -0.190. The number of carbonyl (C=O) groups is 3. The second-order valence-corrected chi connectivity index (χ2v) is 5.38. The highest BCUT2D eigenvalue weighted by molar-refractivity contribution is 6.21. The number of benzene rings is 2. The molecule has 0 saturated heterocycles. The Balaban J connectivity index is 1.61. The number of nitrogens with zero attached hydrogens (tertiary/aromatic N) is 1. The van der Waals surface area contributed by atoms with Crippen molar-refractivity contribution < 1.29 is 28.2 Å². The lowest BCUT2D eigenvalue weighted by Crippen LogP contribution is -2.33. The molecule has 0 unspecified atom stereocenters. The third-order valence-electron chi connectivity index (χ3n) is 3.80. The molecule has 1 aliphatic rings. The van der Waals surface area contributed by atoms with Crippen molar-refractivity contribution >= 4 is 17.8 Å². The Hall–Kier alpha value is -3.22. The van der Waals surface area contributed by atoms with Gasteiger partial charge in [0.25, 0.3) is 11.8 Å². The van der Waals surface area contributed by atoms with E-state index >= 15 is 0 Å². The molecule has 3 rings (SSSR count). The highest BCUT2D eigenvalue weighted by atomic mass is 19.1. The molecular weight excluding hydrogens is 329 g/mol. The van der Waals surface area contributed by atoms with Gasteiger partial charge in [-0.15, -0.1) is 0 Å². The van der Waals surface area contributed by atoms with E-state index in [1.165, 1.54) is 37.4 Å². The van der Waals surface area contributed by atoms with Crippen molar-refractivity contribution in [3.8, 4) is 5.75 Å². The van der Waals surface area contributed by atoms with Crippen molar-refractivity contribution in [2.45, 2.75) is 6.42 Å². The third kappa shape index (κ3) is 3.21. The van der Waals surface area contributed by atoms with E-state index in [-0.39, 0.29) is 23.3 Å². The lowest BCUT2D eigenvalue weighted by Gasteiger charge is -2.14. The number of imide groups is 1. The van der Waals surface area contributed by atoms with E-state index in [1.807, 2.05) is 0 Å². The van der Waals surface area contributed by atoms with Crippen LogP contribution < -0.4 is 4.74 Å². The molecule has 0 fully saturated rings. The first-order chi connectivity index (χ1) is 12.0. The summed E-state index contributed by atoms with van der Waals surface area (Å²) in [5.74, 6) is -2.22.